The molecule has 0 fully saturated rings. The van der Waals surface area contributed by atoms with Gasteiger partial charge in [-0.15, -0.1) is 0 Å². The molecule has 0 N–H and O–H groups in total. The zero-order chi connectivity index (χ0) is 13.8. The summed E-state index contributed by atoms with van der Waals surface area (Å²) >= 11 is 1.36. The van der Waals surface area contributed by atoms with E-state index in [0.717, 1.165) is 11.0 Å². The van der Waals surface area contributed by atoms with Crippen LogP contribution in [0.5, 0.6) is 0 Å². The van der Waals surface area contributed by atoms with E-state index in [-0.39, 0.29) is 11.4 Å². The summed E-state index contributed by atoms with van der Waals surface area (Å²) in [4.78, 5) is 17.7. The van der Waals surface area contributed by atoms with Crippen molar-refractivity contribution in [3.8, 4) is 0 Å². The standard InChI is InChI=1S/C12H21N3O2S/c1-6-17-9(16)7-8-15(5)11-13-10(14-18-11)12(2,3)4/h6-8H2,1-5H3. The molecule has 18 heavy (non-hydrogen) atoms. The first-order chi connectivity index (χ1) is 8.34. The average Bonchev–Trinajstić information content (AvgIpc) is 2.75. The molecule has 0 bridgehead atoms. The fourth-order valence-corrected chi connectivity index (χ4v) is 2.10. The van der Waals surface area contributed by atoms with Crippen LogP contribution in [-0.4, -0.2) is 35.5 Å². The second-order valence-corrected chi connectivity index (χ2v) is 5.86. The minimum atomic E-state index is -0.176. The number of aromatic nitrogens is 2. The third kappa shape index (κ3) is 4.25. The van der Waals surface area contributed by atoms with Crippen LogP contribution < -0.4 is 4.90 Å². The van der Waals surface area contributed by atoms with Gasteiger partial charge >= 0.3 is 5.97 Å². The highest BCUT2D eigenvalue weighted by atomic mass is 32.1. The fraction of sp³-hybridized carbons (Fsp3) is 0.750. The summed E-state index contributed by atoms with van der Waals surface area (Å²) in [6.45, 7) is 9.07. The molecule has 1 aromatic heterocycles. The number of hydrogen-bond acceptors (Lipinski definition) is 6. The zero-order valence-electron chi connectivity index (χ0n) is 11.7. The van der Waals surface area contributed by atoms with Crippen molar-refractivity contribution >= 4 is 22.6 Å². The van der Waals surface area contributed by atoms with E-state index in [4.69, 9.17) is 4.74 Å². The highest BCUT2D eigenvalue weighted by Gasteiger charge is 2.20. The van der Waals surface area contributed by atoms with Gasteiger partial charge in [-0.25, -0.2) is 4.98 Å². The van der Waals surface area contributed by atoms with E-state index in [2.05, 4.69) is 30.1 Å². The molecule has 0 saturated carbocycles. The number of esters is 1. The van der Waals surface area contributed by atoms with Crippen molar-refractivity contribution in [2.75, 3.05) is 25.1 Å². The van der Waals surface area contributed by atoms with Gasteiger partial charge in [-0.3, -0.25) is 4.79 Å². The van der Waals surface area contributed by atoms with Crippen LogP contribution in [0.3, 0.4) is 0 Å². The molecule has 0 aliphatic carbocycles. The molecule has 0 unspecified atom stereocenters. The van der Waals surface area contributed by atoms with E-state index in [1.807, 2.05) is 18.9 Å². The summed E-state index contributed by atoms with van der Waals surface area (Å²) in [6, 6.07) is 0. The molecule has 0 aliphatic heterocycles. The summed E-state index contributed by atoms with van der Waals surface area (Å²) in [5.74, 6) is 0.662. The minimum absolute atomic E-state index is 0.0449. The molecule has 0 atom stereocenters. The molecule has 0 aliphatic rings. The minimum Gasteiger partial charge on any atom is -0.466 e. The van der Waals surface area contributed by atoms with Crippen molar-refractivity contribution in [3.63, 3.8) is 0 Å². The second-order valence-electron chi connectivity index (χ2n) is 5.13. The maximum atomic E-state index is 11.3. The van der Waals surface area contributed by atoms with Crippen LogP contribution in [0.1, 0.15) is 39.9 Å². The zero-order valence-corrected chi connectivity index (χ0v) is 12.5. The monoisotopic (exact) mass is 271 g/mol. The van der Waals surface area contributed by atoms with E-state index >= 15 is 0 Å². The van der Waals surface area contributed by atoms with Crippen LogP contribution in [0.2, 0.25) is 0 Å². The van der Waals surface area contributed by atoms with Crippen LogP contribution in [0.15, 0.2) is 0 Å². The fourth-order valence-electron chi connectivity index (χ4n) is 1.26. The van der Waals surface area contributed by atoms with Crippen molar-refractivity contribution < 1.29 is 9.53 Å². The molecular weight excluding hydrogens is 250 g/mol. The lowest BCUT2D eigenvalue weighted by Crippen LogP contribution is -2.22. The van der Waals surface area contributed by atoms with Crippen LogP contribution in [-0.2, 0) is 14.9 Å². The van der Waals surface area contributed by atoms with Gasteiger partial charge in [0, 0.05) is 30.5 Å². The van der Waals surface area contributed by atoms with E-state index in [1.54, 1.807) is 0 Å². The number of carbonyl (C=O) groups excluding carboxylic acids is 1. The summed E-state index contributed by atoms with van der Waals surface area (Å²) in [5.41, 5.74) is -0.0449. The second kappa shape index (κ2) is 6.13. The molecule has 0 spiro atoms. The van der Waals surface area contributed by atoms with E-state index in [9.17, 15) is 4.79 Å². The van der Waals surface area contributed by atoms with Crippen LogP contribution >= 0.6 is 11.5 Å². The summed E-state index contributed by atoms with van der Waals surface area (Å²) in [7, 11) is 1.91. The van der Waals surface area contributed by atoms with Crippen LogP contribution in [0.25, 0.3) is 0 Å². The first-order valence-electron chi connectivity index (χ1n) is 6.05. The third-order valence-electron chi connectivity index (χ3n) is 2.37. The Morgan fingerprint density at radius 2 is 2.11 bits per heavy atom. The van der Waals surface area contributed by atoms with Gasteiger partial charge in [-0.2, -0.15) is 4.37 Å². The van der Waals surface area contributed by atoms with Gasteiger partial charge in [0.1, 0.15) is 5.82 Å². The molecule has 102 valence electrons. The molecule has 1 aromatic rings. The molecule has 0 amide bonds. The van der Waals surface area contributed by atoms with Gasteiger partial charge in [-0.1, -0.05) is 20.8 Å². The third-order valence-corrected chi connectivity index (χ3v) is 3.20. The van der Waals surface area contributed by atoms with Crippen molar-refractivity contribution in [2.24, 2.45) is 0 Å². The number of carbonyl (C=O) groups is 1. The molecule has 5 nitrogen and oxygen atoms in total. The van der Waals surface area contributed by atoms with Gasteiger partial charge in [0.25, 0.3) is 0 Å². The van der Waals surface area contributed by atoms with E-state index in [1.165, 1.54) is 11.5 Å². The Kier molecular flexibility index (Phi) is 5.07. The molecule has 0 radical (unpaired) electrons. The lowest BCUT2D eigenvalue weighted by atomic mass is 9.96. The molecule has 6 heteroatoms. The SMILES string of the molecule is CCOC(=O)CCN(C)c1nc(C(C)(C)C)ns1. The summed E-state index contributed by atoms with van der Waals surface area (Å²) in [6.07, 6.45) is 0.370. The summed E-state index contributed by atoms with van der Waals surface area (Å²) in [5, 5.41) is 0.837. The molecule has 1 rings (SSSR count). The number of hydrogen-bond donors (Lipinski definition) is 0. The molecule has 0 aromatic carbocycles. The number of anilines is 1. The van der Waals surface area contributed by atoms with Gasteiger partial charge in [-0.05, 0) is 6.92 Å². The van der Waals surface area contributed by atoms with Gasteiger partial charge in [0.15, 0.2) is 0 Å². The van der Waals surface area contributed by atoms with Crippen molar-refractivity contribution in [2.45, 2.75) is 39.5 Å². The Morgan fingerprint density at radius 3 is 2.61 bits per heavy atom. The van der Waals surface area contributed by atoms with Crippen LogP contribution in [0.4, 0.5) is 5.13 Å². The first-order valence-corrected chi connectivity index (χ1v) is 6.83. The Hall–Kier alpha value is -1.17. The smallest absolute Gasteiger partial charge is 0.307 e. The maximum absolute atomic E-state index is 11.3. The van der Waals surface area contributed by atoms with Gasteiger partial charge in [0.05, 0.1) is 13.0 Å². The predicted molar refractivity (Wildman–Crippen MR) is 73.1 cm³/mol. The van der Waals surface area contributed by atoms with E-state index in [0.29, 0.717) is 19.6 Å². The normalized spacial score (nSPS) is 11.4. The Labute approximate surface area is 112 Å². The highest BCUT2D eigenvalue weighted by Crippen LogP contribution is 2.24. The number of nitrogens with zero attached hydrogens (tertiary/aromatic N) is 3. The van der Waals surface area contributed by atoms with Crippen molar-refractivity contribution in [1.29, 1.82) is 0 Å². The van der Waals surface area contributed by atoms with Crippen LogP contribution in [0, 0.1) is 0 Å². The van der Waals surface area contributed by atoms with Gasteiger partial charge < -0.3 is 9.64 Å². The van der Waals surface area contributed by atoms with Crippen molar-refractivity contribution in [3.05, 3.63) is 5.82 Å². The lowest BCUT2D eigenvalue weighted by Gasteiger charge is -2.15. The number of ether oxygens (including phenoxy) is 1. The maximum Gasteiger partial charge on any atom is 0.307 e. The topological polar surface area (TPSA) is 55.3 Å². The van der Waals surface area contributed by atoms with E-state index < -0.39 is 0 Å². The van der Waals surface area contributed by atoms with Gasteiger partial charge in [0.2, 0.25) is 5.13 Å². The Balaban J connectivity index is 2.54. The quantitative estimate of drug-likeness (QED) is 0.769. The summed E-state index contributed by atoms with van der Waals surface area (Å²) < 4.78 is 9.23. The Morgan fingerprint density at radius 1 is 1.44 bits per heavy atom. The first kappa shape index (κ1) is 14.9. The molecular formula is C12H21N3O2S. The largest absolute Gasteiger partial charge is 0.466 e. The van der Waals surface area contributed by atoms with Crippen molar-refractivity contribution in [1.82, 2.24) is 9.36 Å². The Bertz CT molecular complexity index is 398. The lowest BCUT2D eigenvalue weighted by molar-refractivity contribution is -0.142. The predicted octanol–water partition coefficient (Wildman–Crippen LogP) is 2.23. The average molecular weight is 271 g/mol. The highest BCUT2D eigenvalue weighted by molar-refractivity contribution is 7.09. The molecule has 0 saturated heterocycles. The number of rotatable bonds is 5. The molecule has 1 heterocycles.